The number of benzene rings is 1. The van der Waals surface area contributed by atoms with Crippen LogP contribution in [0.5, 0.6) is 0 Å². The summed E-state index contributed by atoms with van der Waals surface area (Å²) in [6.07, 6.45) is 2.47. The molecule has 1 aromatic carbocycles. The zero-order chi connectivity index (χ0) is 17.0. The van der Waals surface area contributed by atoms with Crippen molar-refractivity contribution < 1.29 is 12.6 Å². The molecular weight excluding hydrogens is 334 g/mol. The van der Waals surface area contributed by atoms with Gasteiger partial charge >= 0.3 is 0 Å². The zero-order valence-electron chi connectivity index (χ0n) is 13.4. The minimum Gasteiger partial charge on any atom is -0.261 e. The molecule has 0 spiro atoms. The van der Waals surface area contributed by atoms with Crippen molar-refractivity contribution in [1.29, 1.82) is 0 Å². The molecule has 2 aromatic rings. The maximum atomic E-state index is 12.3. The Morgan fingerprint density at radius 2 is 1.91 bits per heavy atom. The molecule has 0 amide bonds. The number of rotatable bonds is 6. The van der Waals surface area contributed by atoms with E-state index in [1.807, 2.05) is 13.8 Å². The van der Waals surface area contributed by atoms with Gasteiger partial charge in [0.2, 0.25) is 0 Å². The summed E-state index contributed by atoms with van der Waals surface area (Å²) in [6, 6.07) is 8.26. The highest BCUT2D eigenvalue weighted by Gasteiger charge is 2.18. The van der Waals surface area contributed by atoms with Crippen LogP contribution in [0.15, 0.2) is 41.4 Å². The molecule has 0 unspecified atom stereocenters. The second kappa shape index (κ2) is 7.43. The first-order valence-corrected chi connectivity index (χ1v) is 9.22. The van der Waals surface area contributed by atoms with Gasteiger partial charge in [-0.15, -0.1) is 0 Å². The van der Waals surface area contributed by atoms with Crippen LogP contribution < -0.4 is 0 Å². The molecule has 6 heteroatoms. The average Bonchev–Trinajstić information content (AvgIpc) is 2.53. The van der Waals surface area contributed by atoms with Crippen molar-refractivity contribution in [2.24, 2.45) is 0 Å². The molecule has 0 fully saturated rings. The highest BCUT2D eigenvalue weighted by molar-refractivity contribution is 7.86. The van der Waals surface area contributed by atoms with E-state index in [0.717, 1.165) is 17.7 Å². The molecule has 0 radical (unpaired) electrons. The third-order valence-corrected chi connectivity index (χ3v) is 5.21. The fourth-order valence-electron chi connectivity index (χ4n) is 2.16. The van der Waals surface area contributed by atoms with Gasteiger partial charge in [0.25, 0.3) is 10.1 Å². The maximum absolute atomic E-state index is 12.3. The fourth-order valence-corrected chi connectivity index (χ4v) is 3.23. The molecule has 0 aliphatic heterocycles. The number of hydrogen-bond donors (Lipinski definition) is 0. The normalized spacial score (nSPS) is 13.0. The van der Waals surface area contributed by atoms with Crippen molar-refractivity contribution in [2.45, 2.75) is 44.6 Å². The molecule has 0 aliphatic rings. The quantitative estimate of drug-likeness (QED) is 0.719. The summed E-state index contributed by atoms with van der Waals surface area (Å²) in [5, 5.41) is 0.461. The Hall–Kier alpha value is -1.43. The molecule has 124 valence electrons. The Kier molecular flexibility index (Phi) is 5.79. The van der Waals surface area contributed by atoms with Crippen molar-refractivity contribution in [3.63, 3.8) is 0 Å². The summed E-state index contributed by atoms with van der Waals surface area (Å²) in [6.45, 7) is 5.90. The van der Waals surface area contributed by atoms with Crippen LogP contribution in [0.25, 0.3) is 0 Å². The first-order valence-electron chi connectivity index (χ1n) is 7.44. The van der Waals surface area contributed by atoms with Crippen molar-refractivity contribution >= 4 is 21.7 Å². The van der Waals surface area contributed by atoms with Crippen LogP contribution in [0.2, 0.25) is 5.02 Å². The van der Waals surface area contributed by atoms with Crippen molar-refractivity contribution in [1.82, 2.24) is 4.98 Å². The predicted octanol–water partition coefficient (Wildman–Crippen LogP) is 4.46. The van der Waals surface area contributed by atoms with Crippen LogP contribution in [-0.4, -0.2) is 13.4 Å². The number of pyridine rings is 1. The lowest BCUT2D eigenvalue weighted by Gasteiger charge is -2.14. The average molecular weight is 354 g/mol. The Morgan fingerprint density at radius 1 is 1.26 bits per heavy atom. The smallest absolute Gasteiger partial charge is 0.261 e. The molecule has 1 heterocycles. The topological polar surface area (TPSA) is 56.3 Å². The van der Waals surface area contributed by atoms with Gasteiger partial charge in [-0.05, 0) is 37.5 Å². The summed E-state index contributed by atoms with van der Waals surface area (Å²) in [7, 11) is -3.81. The van der Waals surface area contributed by atoms with Crippen molar-refractivity contribution in [3.05, 3.63) is 58.4 Å². The number of hydrogen-bond acceptors (Lipinski definition) is 4. The summed E-state index contributed by atoms with van der Waals surface area (Å²) < 4.78 is 29.8. The predicted molar refractivity (Wildman–Crippen MR) is 91.1 cm³/mol. The summed E-state index contributed by atoms with van der Waals surface area (Å²) >= 11 is 5.98. The molecule has 1 atom stereocenters. The molecule has 0 saturated carbocycles. The zero-order valence-corrected chi connectivity index (χ0v) is 15.0. The first-order chi connectivity index (χ1) is 10.8. The van der Waals surface area contributed by atoms with E-state index in [4.69, 9.17) is 15.8 Å². The Balaban J connectivity index is 2.23. The molecule has 0 bridgehead atoms. The summed E-state index contributed by atoms with van der Waals surface area (Å²) in [5.41, 5.74) is 2.50. The standard InChI is InChI=1S/C17H20ClNO3S/c1-4-13(3)17-14(9-15(18)10-19-17)11-22-23(20,21)16-7-5-12(2)6-8-16/h5-10,13H,4,11H2,1-3H3/t13-/m0/s1. The van der Waals surface area contributed by atoms with E-state index in [1.165, 1.54) is 12.1 Å². The van der Waals surface area contributed by atoms with E-state index < -0.39 is 10.1 Å². The second-order valence-electron chi connectivity index (χ2n) is 5.54. The summed E-state index contributed by atoms with van der Waals surface area (Å²) in [5.74, 6) is 0.202. The van der Waals surface area contributed by atoms with Crippen LogP contribution in [0.3, 0.4) is 0 Å². The molecule has 2 rings (SSSR count). The lowest BCUT2D eigenvalue weighted by molar-refractivity contribution is 0.305. The van der Waals surface area contributed by atoms with Crippen LogP contribution in [0, 0.1) is 6.92 Å². The molecule has 0 aliphatic carbocycles. The third-order valence-electron chi connectivity index (χ3n) is 3.73. The molecule has 23 heavy (non-hydrogen) atoms. The third kappa shape index (κ3) is 4.53. The van der Waals surface area contributed by atoms with Gasteiger partial charge in [-0.3, -0.25) is 9.17 Å². The first kappa shape index (κ1) is 17.9. The minimum absolute atomic E-state index is 0.0799. The molecular formula is C17H20ClNO3S. The highest BCUT2D eigenvalue weighted by Crippen LogP contribution is 2.25. The number of aryl methyl sites for hydroxylation is 1. The van der Waals surface area contributed by atoms with Crippen LogP contribution >= 0.6 is 11.6 Å². The maximum Gasteiger partial charge on any atom is 0.297 e. The fraction of sp³-hybridized carbons (Fsp3) is 0.353. The van der Waals surface area contributed by atoms with Crippen LogP contribution in [-0.2, 0) is 20.9 Å². The van der Waals surface area contributed by atoms with Gasteiger partial charge in [0.05, 0.1) is 16.5 Å². The van der Waals surface area contributed by atoms with Crippen molar-refractivity contribution in [3.8, 4) is 0 Å². The minimum atomic E-state index is -3.81. The van der Waals surface area contributed by atoms with Crippen LogP contribution in [0.1, 0.15) is 43.0 Å². The van der Waals surface area contributed by atoms with Crippen LogP contribution in [0.4, 0.5) is 0 Å². The van der Waals surface area contributed by atoms with E-state index in [0.29, 0.717) is 10.6 Å². The molecule has 0 N–H and O–H groups in total. The van der Waals surface area contributed by atoms with Crippen molar-refractivity contribution in [2.75, 3.05) is 0 Å². The van der Waals surface area contributed by atoms with Gasteiger partial charge in [-0.1, -0.05) is 43.1 Å². The van der Waals surface area contributed by atoms with E-state index in [2.05, 4.69) is 11.9 Å². The monoisotopic (exact) mass is 353 g/mol. The highest BCUT2D eigenvalue weighted by atomic mass is 35.5. The molecule has 4 nitrogen and oxygen atoms in total. The second-order valence-corrected chi connectivity index (χ2v) is 7.59. The van der Waals surface area contributed by atoms with Gasteiger partial charge in [-0.25, -0.2) is 0 Å². The van der Waals surface area contributed by atoms with Gasteiger partial charge < -0.3 is 0 Å². The molecule has 1 aromatic heterocycles. The molecule has 0 saturated heterocycles. The van der Waals surface area contributed by atoms with Gasteiger partial charge in [0, 0.05) is 17.5 Å². The number of halogens is 1. The Morgan fingerprint density at radius 3 is 2.52 bits per heavy atom. The lowest BCUT2D eigenvalue weighted by atomic mass is 10.00. The lowest BCUT2D eigenvalue weighted by Crippen LogP contribution is -2.09. The Labute approximate surface area is 142 Å². The van der Waals surface area contributed by atoms with E-state index in [9.17, 15) is 8.42 Å². The summed E-state index contributed by atoms with van der Waals surface area (Å²) in [4.78, 5) is 4.47. The SMILES string of the molecule is CC[C@H](C)c1ncc(Cl)cc1COS(=O)(=O)c1ccc(C)cc1. The van der Waals surface area contributed by atoms with Gasteiger partial charge in [0.1, 0.15) is 0 Å². The van der Waals surface area contributed by atoms with E-state index >= 15 is 0 Å². The number of aromatic nitrogens is 1. The van der Waals surface area contributed by atoms with Gasteiger partial charge in [-0.2, -0.15) is 8.42 Å². The Bertz CT molecular complexity index is 773. The van der Waals surface area contributed by atoms with E-state index in [1.54, 1.807) is 24.4 Å². The largest absolute Gasteiger partial charge is 0.297 e. The number of nitrogens with zero attached hydrogens (tertiary/aromatic N) is 1. The van der Waals surface area contributed by atoms with E-state index in [-0.39, 0.29) is 17.4 Å². The van der Waals surface area contributed by atoms with Gasteiger partial charge in [0.15, 0.2) is 0 Å².